The van der Waals surface area contributed by atoms with E-state index in [2.05, 4.69) is 21.1 Å². The van der Waals surface area contributed by atoms with Gasteiger partial charge in [0.1, 0.15) is 17.2 Å². The summed E-state index contributed by atoms with van der Waals surface area (Å²) in [5.41, 5.74) is 3.53. The van der Waals surface area contributed by atoms with Crippen molar-refractivity contribution >= 4 is 34.4 Å². The van der Waals surface area contributed by atoms with Crippen molar-refractivity contribution in [1.29, 1.82) is 0 Å². The normalized spacial score (nSPS) is 13.1. The Bertz CT molecular complexity index is 1210. The SMILES string of the molecule is O=C(CSc1ncnc2c1cnn2-c1ccc(F)cc1)N1CCc2ccccc21. The molecule has 2 aromatic carbocycles. The topological polar surface area (TPSA) is 63.9 Å². The Morgan fingerprint density at radius 1 is 1.10 bits per heavy atom. The highest BCUT2D eigenvalue weighted by Crippen LogP contribution is 2.30. The largest absolute Gasteiger partial charge is 0.311 e. The second-order valence-corrected chi connectivity index (χ2v) is 7.63. The number of benzene rings is 2. The summed E-state index contributed by atoms with van der Waals surface area (Å²) in [7, 11) is 0. The number of carbonyl (C=O) groups excluding carboxylic acids is 1. The number of halogens is 1. The molecule has 0 unspecified atom stereocenters. The van der Waals surface area contributed by atoms with Gasteiger partial charge in [-0.05, 0) is 42.3 Å². The molecule has 144 valence electrons. The van der Waals surface area contributed by atoms with Gasteiger partial charge in [0.2, 0.25) is 5.91 Å². The lowest BCUT2D eigenvalue weighted by molar-refractivity contribution is -0.116. The molecule has 0 saturated heterocycles. The summed E-state index contributed by atoms with van der Waals surface area (Å²) < 4.78 is 14.8. The predicted molar refractivity (Wildman–Crippen MR) is 110 cm³/mol. The number of amides is 1. The van der Waals surface area contributed by atoms with Crippen LogP contribution in [0.3, 0.4) is 0 Å². The zero-order valence-electron chi connectivity index (χ0n) is 15.3. The van der Waals surface area contributed by atoms with Crippen molar-refractivity contribution in [3.8, 4) is 5.69 Å². The fourth-order valence-electron chi connectivity index (χ4n) is 3.51. The minimum atomic E-state index is -0.307. The third kappa shape index (κ3) is 3.25. The average Bonchev–Trinajstić information content (AvgIpc) is 3.37. The van der Waals surface area contributed by atoms with E-state index >= 15 is 0 Å². The minimum absolute atomic E-state index is 0.0534. The van der Waals surface area contributed by atoms with Crippen molar-refractivity contribution in [1.82, 2.24) is 19.7 Å². The van der Waals surface area contributed by atoms with Crippen LogP contribution in [0.2, 0.25) is 0 Å². The van der Waals surface area contributed by atoms with E-state index in [4.69, 9.17) is 0 Å². The van der Waals surface area contributed by atoms with E-state index in [9.17, 15) is 9.18 Å². The van der Waals surface area contributed by atoms with Crippen LogP contribution in [0, 0.1) is 5.82 Å². The van der Waals surface area contributed by atoms with Crippen molar-refractivity contribution in [2.75, 3.05) is 17.2 Å². The molecule has 0 bridgehead atoms. The molecule has 0 aliphatic carbocycles. The summed E-state index contributed by atoms with van der Waals surface area (Å²) in [5, 5.41) is 5.83. The molecular weight excluding hydrogens is 389 g/mol. The Balaban J connectivity index is 1.38. The number of anilines is 1. The van der Waals surface area contributed by atoms with E-state index in [1.165, 1.54) is 35.8 Å². The fourth-order valence-corrected chi connectivity index (χ4v) is 4.35. The van der Waals surface area contributed by atoms with E-state index in [0.717, 1.165) is 17.5 Å². The molecule has 0 N–H and O–H groups in total. The van der Waals surface area contributed by atoms with Gasteiger partial charge in [0.25, 0.3) is 0 Å². The predicted octanol–water partition coefficient (Wildman–Crippen LogP) is 3.64. The average molecular weight is 405 g/mol. The van der Waals surface area contributed by atoms with Crippen LogP contribution < -0.4 is 4.90 Å². The highest BCUT2D eigenvalue weighted by molar-refractivity contribution is 8.00. The molecule has 3 heterocycles. The molecule has 0 radical (unpaired) electrons. The second kappa shape index (κ2) is 7.29. The molecule has 8 heteroatoms. The number of fused-ring (bicyclic) bond motifs is 2. The van der Waals surface area contributed by atoms with Crippen LogP contribution >= 0.6 is 11.8 Å². The van der Waals surface area contributed by atoms with E-state index in [1.807, 2.05) is 23.1 Å². The van der Waals surface area contributed by atoms with Gasteiger partial charge < -0.3 is 4.90 Å². The van der Waals surface area contributed by atoms with Gasteiger partial charge in [0.15, 0.2) is 5.65 Å². The maximum atomic E-state index is 13.2. The smallest absolute Gasteiger partial charge is 0.237 e. The number of hydrogen-bond donors (Lipinski definition) is 0. The van der Waals surface area contributed by atoms with Crippen molar-refractivity contribution in [3.05, 3.63) is 72.4 Å². The molecule has 5 rings (SSSR count). The van der Waals surface area contributed by atoms with Crippen LogP contribution in [0.5, 0.6) is 0 Å². The van der Waals surface area contributed by atoms with E-state index in [1.54, 1.807) is 23.0 Å². The first kappa shape index (κ1) is 17.8. The Hall–Kier alpha value is -3.26. The summed E-state index contributed by atoms with van der Waals surface area (Å²) in [6.07, 6.45) is 4.02. The third-order valence-corrected chi connectivity index (χ3v) is 5.91. The molecule has 1 aliphatic rings. The number of para-hydroxylation sites is 1. The summed E-state index contributed by atoms with van der Waals surface area (Å²) in [6, 6.07) is 14.1. The van der Waals surface area contributed by atoms with Gasteiger partial charge in [-0.3, -0.25) is 4.79 Å². The van der Waals surface area contributed by atoms with E-state index in [0.29, 0.717) is 22.9 Å². The quantitative estimate of drug-likeness (QED) is 0.383. The third-order valence-electron chi connectivity index (χ3n) is 4.92. The van der Waals surface area contributed by atoms with Crippen LogP contribution in [0.25, 0.3) is 16.7 Å². The summed E-state index contributed by atoms with van der Waals surface area (Å²) in [4.78, 5) is 23.3. The van der Waals surface area contributed by atoms with Gasteiger partial charge in [-0.1, -0.05) is 30.0 Å². The summed E-state index contributed by atoms with van der Waals surface area (Å²) in [5.74, 6) is 0.0260. The molecule has 0 atom stereocenters. The Morgan fingerprint density at radius 3 is 2.79 bits per heavy atom. The first-order valence-electron chi connectivity index (χ1n) is 9.16. The first-order valence-corrected chi connectivity index (χ1v) is 10.1. The van der Waals surface area contributed by atoms with Crippen molar-refractivity contribution in [2.24, 2.45) is 0 Å². The lowest BCUT2D eigenvalue weighted by Gasteiger charge is -2.16. The van der Waals surface area contributed by atoms with Crippen LogP contribution in [0.4, 0.5) is 10.1 Å². The molecular formula is C21H16FN5OS. The van der Waals surface area contributed by atoms with Gasteiger partial charge in [-0.25, -0.2) is 19.0 Å². The second-order valence-electron chi connectivity index (χ2n) is 6.66. The van der Waals surface area contributed by atoms with Crippen LogP contribution in [-0.2, 0) is 11.2 Å². The molecule has 0 saturated carbocycles. The summed E-state index contributed by atoms with van der Waals surface area (Å²) >= 11 is 1.37. The van der Waals surface area contributed by atoms with Gasteiger partial charge in [0, 0.05) is 12.2 Å². The van der Waals surface area contributed by atoms with Crippen LogP contribution in [-0.4, -0.2) is 38.0 Å². The van der Waals surface area contributed by atoms with Gasteiger partial charge in [-0.15, -0.1) is 0 Å². The maximum Gasteiger partial charge on any atom is 0.237 e. The molecule has 0 fully saturated rings. The van der Waals surface area contributed by atoms with Crippen LogP contribution in [0.1, 0.15) is 5.56 Å². The molecule has 29 heavy (non-hydrogen) atoms. The van der Waals surface area contributed by atoms with Gasteiger partial charge >= 0.3 is 0 Å². The molecule has 1 amide bonds. The summed E-state index contributed by atoms with van der Waals surface area (Å²) in [6.45, 7) is 0.709. The monoisotopic (exact) mass is 405 g/mol. The lowest BCUT2D eigenvalue weighted by Crippen LogP contribution is -2.30. The van der Waals surface area contributed by atoms with Gasteiger partial charge in [-0.2, -0.15) is 5.10 Å². The number of carbonyl (C=O) groups is 1. The lowest BCUT2D eigenvalue weighted by atomic mass is 10.2. The Morgan fingerprint density at radius 2 is 1.93 bits per heavy atom. The Labute approximate surface area is 170 Å². The fraction of sp³-hybridized carbons (Fsp3) is 0.143. The van der Waals surface area contributed by atoms with E-state index < -0.39 is 0 Å². The maximum absolute atomic E-state index is 13.2. The molecule has 1 aliphatic heterocycles. The highest BCUT2D eigenvalue weighted by atomic mass is 32.2. The molecule has 0 spiro atoms. The Kier molecular flexibility index (Phi) is 4.48. The molecule has 2 aromatic heterocycles. The number of thioether (sulfide) groups is 1. The number of hydrogen-bond acceptors (Lipinski definition) is 5. The minimum Gasteiger partial charge on any atom is -0.311 e. The molecule has 6 nitrogen and oxygen atoms in total. The molecule has 4 aromatic rings. The number of rotatable bonds is 4. The number of nitrogens with zero attached hydrogens (tertiary/aromatic N) is 5. The zero-order chi connectivity index (χ0) is 19.8. The number of aromatic nitrogens is 4. The van der Waals surface area contributed by atoms with Gasteiger partial charge in [0.05, 0.1) is 23.0 Å². The van der Waals surface area contributed by atoms with Crippen molar-refractivity contribution in [2.45, 2.75) is 11.4 Å². The zero-order valence-corrected chi connectivity index (χ0v) is 16.1. The van der Waals surface area contributed by atoms with Crippen molar-refractivity contribution < 1.29 is 9.18 Å². The van der Waals surface area contributed by atoms with Crippen LogP contribution in [0.15, 0.2) is 66.1 Å². The first-order chi connectivity index (χ1) is 14.2. The van der Waals surface area contributed by atoms with Crippen molar-refractivity contribution in [3.63, 3.8) is 0 Å². The standard InChI is InChI=1S/C21H16FN5OS/c22-15-5-7-16(8-6-15)27-20-17(11-25-27)21(24-13-23-20)29-12-19(28)26-10-9-14-3-1-2-4-18(14)26/h1-8,11,13H,9-10,12H2. The highest BCUT2D eigenvalue weighted by Gasteiger charge is 2.24. The van der Waals surface area contributed by atoms with E-state index in [-0.39, 0.29) is 17.5 Å².